The van der Waals surface area contributed by atoms with Crippen molar-refractivity contribution < 1.29 is 13.2 Å². The van der Waals surface area contributed by atoms with E-state index in [1.807, 2.05) is 35.7 Å². The molecule has 0 saturated carbocycles. The molecular weight excluding hydrogens is 442 g/mol. The van der Waals surface area contributed by atoms with Gasteiger partial charge in [-0.2, -0.15) is 4.31 Å². The van der Waals surface area contributed by atoms with Crippen molar-refractivity contribution in [3.05, 3.63) is 77.7 Å². The highest BCUT2D eigenvalue weighted by Crippen LogP contribution is 2.29. The molecule has 3 rings (SSSR count). The number of aromatic nitrogens is 1. The van der Waals surface area contributed by atoms with Gasteiger partial charge in [0.2, 0.25) is 10.0 Å². The molecule has 0 N–H and O–H groups in total. The van der Waals surface area contributed by atoms with Gasteiger partial charge in [-0.05, 0) is 24.6 Å². The number of carbonyl (C=O) groups excluding carboxylic acids is 1. The van der Waals surface area contributed by atoms with E-state index in [1.54, 1.807) is 39.0 Å². The molecule has 8 heteroatoms. The molecule has 0 aliphatic heterocycles. The minimum atomic E-state index is -3.69. The van der Waals surface area contributed by atoms with Crippen LogP contribution in [-0.2, 0) is 10.0 Å². The van der Waals surface area contributed by atoms with Crippen LogP contribution in [0.4, 0.5) is 5.13 Å². The van der Waals surface area contributed by atoms with Crippen LogP contribution in [0.2, 0.25) is 0 Å². The third kappa shape index (κ3) is 4.82. The first-order valence-corrected chi connectivity index (χ1v) is 12.7. The second-order valence-corrected chi connectivity index (χ2v) is 9.90. The minimum Gasteiger partial charge on any atom is -0.280 e. The maximum Gasteiger partial charge on any atom is 0.260 e. The Morgan fingerprint density at radius 3 is 2.44 bits per heavy atom. The Morgan fingerprint density at radius 2 is 1.81 bits per heavy atom. The number of anilines is 1. The summed E-state index contributed by atoms with van der Waals surface area (Å²) < 4.78 is 27.6. The fourth-order valence-electron chi connectivity index (χ4n) is 3.38. The molecule has 0 aliphatic carbocycles. The summed E-state index contributed by atoms with van der Waals surface area (Å²) in [6.07, 6.45) is 1.63. The van der Waals surface area contributed by atoms with E-state index >= 15 is 0 Å². The van der Waals surface area contributed by atoms with Crippen molar-refractivity contribution in [1.29, 1.82) is 0 Å². The van der Waals surface area contributed by atoms with E-state index in [9.17, 15) is 13.2 Å². The fraction of sp³-hybridized carbons (Fsp3) is 0.250. The smallest absolute Gasteiger partial charge is 0.260 e. The Morgan fingerprint density at radius 1 is 1.12 bits per heavy atom. The van der Waals surface area contributed by atoms with Crippen molar-refractivity contribution in [3.8, 4) is 11.3 Å². The number of amides is 1. The van der Waals surface area contributed by atoms with Crippen molar-refractivity contribution in [1.82, 2.24) is 9.29 Å². The first-order valence-electron chi connectivity index (χ1n) is 10.4. The van der Waals surface area contributed by atoms with Crippen LogP contribution in [0, 0.1) is 6.92 Å². The van der Waals surface area contributed by atoms with Crippen molar-refractivity contribution in [2.24, 2.45) is 0 Å². The van der Waals surface area contributed by atoms with Gasteiger partial charge in [-0.1, -0.05) is 56.3 Å². The van der Waals surface area contributed by atoms with Gasteiger partial charge in [-0.15, -0.1) is 17.9 Å². The number of carbonyl (C=O) groups is 1. The van der Waals surface area contributed by atoms with Gasteiger partial charge < -0.3 is 0 Å². The average Bonchev–Trinajstić information content (AvgIpc) is 3.28. The van der Waals surface area contributed by atoms with Crippen molar-refractivity contribution >= 4 is 32.4 Å². The van der Waals surface area contributed by atoms with Crippen LogP contribution >= 0.6 is 11.3 Å². The third-order valence-corrected chi connectivity index (χ3v) is 8.16. The van der Waals surface area contributed by atoms with Crippen LogP contribution in [0.25, 0.3) is 11.3 Å². The Hall–Kier alpha value is -2.81. The van der Waals surface area contributed by atoms with Crippen molar-refractivity contribution in [3.63, 3.8) is 0 Å². The molecule has 1 heterocycles. The lowest BCUT2D eigenvalue weighted by Gasteiger charge is -2.22. The molecule has 0 atom stereocenters. The molecule has 0 bridgehead atoms. The third-order valence-electron chi connectivity index (χ3n) is 5.11. The normalized spacial score (nSPS) is 11.5. The Labute approximate surface area is 193 Å². The van der Waals surface area contributed by atoms with Gasteiger partial charge in [0.05, 0.1) is 10.6 Å². The number of thiazole rings is 1. The van der Waals surface area contributed by atoms with Gasteiger partial charge in [0.1, 0.15) is 0 Å². The van der Waals surface area contributed by atoms with Crippen LogP contribution in [0.15, 0.2) is 71.5 Å². The van der Waals surface area contributed by atoms with Crippen LogP contribution in [0.1, 0.15) is 29.8 Å². The summed E-state index contributed by atoms with van der Waals surface area (Å²) in [5.74, 6) is -0.324. The summed E-state index contributed by atoms with van der Waals surface area (Å²) in [5, 5.41) is 2.43. The highest BCUT2D eigenvalue weighted by molar-refractivity contribution is 7.89. The summed E-state index contributed by atoms with van der Waals surface area (Å²) in [6, 6.07) is 14.5. The molecule has 168 valence electrons. The summed E-state index contributed by atoms with van der Waals surface area (Å²) in [6.45, 7) is 10.1. The quantitative estimate of drug-likeness (QED) is 0.414. The van der Waals surface area contributed by atoms with E-state index < -0.39 is 10.0 Å². The summed E-state index contributed by atoms with van der Waals surface area (Å²) >= 11 is 1.36. The molecule has 2 aromatic carbocycles. The highest BCUT2D eigenvalue weighted by Gasteiger charge is 2.26. The zero-order valence-corrected chi connectivity index (χ0v) is 20.1. The second-order valence-electron chi connectivity index (χ2n) is 7.16. The molecular formula is C24H27N3O3S2. The minimum absolute atomic E-state index is 0.148. The van der Waals surface area contributed by atoms with Gasteiger partial charge in [-0.3, -0.25) is 9.69 Å². The van der Waals surface area contributed by atoms with E-state index in [0.717, 1.165) is 11.3 Å². The molecule has 6 nitrogen and oxygen atoms in total. The number of sulfonamides is 1. The SMILES string of the molecule is C=CCN(C(=O)c1ccc(C)c(S(=O)(=O)N(CC)CC)c1)c1nc(-c2ccccc2)cs1. The molecule has 0 fully saturated rings. The molecule has 0 aliphatic rings. The van der Waals surface area contributed by atoms with Gasteiger partial charge in [0.15, 0.2) is 5.13 Å². The second kappa shape index (κ2) is 10.2. The highest BCUT2D eigenvalue weighted by atomic mass is 32.2. The fourth-order valence-corrected chi connectivity index (χ4v) is 5.93. The van der Waals surface area contributed by atoms with Crippen molar-refractivity contribution in [2.45, 2.75) is 25.7 Å². The largest absolute Gasteiger partial charge is 0.280 e. The number of hydrogen-bond acceptors (Lipinski definition) is 5. The molecule has 0 saturated heterocycles. The van der Waals surface area contributed by atoms with E-state index in [0.29, 0.717) is 29.3 Å². The first kappa shape index (κ1) is 23.8. The Bertz CT molecular complexity index is 1200. The van der Waals surface area contributed by atoms with Crippen LogP contribution in [0.5, 0.6) is 0 Å². The standard InChI is InChI=1S/C24H27N3O3S2/c1-5-15-27(24-25-21(17-31-24)19-11-9-8-10-12-19)23(28)20-14-13-18(4)22(16-20)32(29,30)26(6-2)7-3/h5,8-14,16-17H,1,6-7,15H2,2-4H3. The number of nitrogens with zero attached hydrogens (tertiary/aromatic N) is 3. The van der Waals surface area contributed by atoms with Crippen LogP contribution in [0.3, 0.4) is 0 Å². The van der Waals surface area contributed by atoms with Gasteiger partial charge in [-0.25, -0.2) is 13.4 Å². The van der Waals surface area contributed by atoms with E-state index in [2.05, 4.69) is 11.6 Å². The van der Waals surface area contributed by atoms with Crippen LogP contribution in [-0.4, -0.2) is 43.2 Å². The van der Waals surface area contributed by atoms with Gasteiger partial charge in [0, 0.05) is 36.1 Å². The number of benzene rings is 2. The molecule has 0 radical (unpaired) electrons. The monoisotopic (exact) mass is 469 g/mol. The zero-order valence-electron chi connectivity index (χ0n) is 18.5. The molecule has 3 aromatic rings. The summed E-state index contributed by atoms with van der Waals surface area (Å²) in [4.78, 5) is 19.7. The number of rotatable bonds is 9. The average molecular weight is 470 g/mol. The zero-order chi connectivity index (χ0) is 23.3. The van der Waals surface area contributed by atoms with E-state index in [4.69, 9.17) is 0 Å². The lowest BCUT2D eigenvalue weighted by molar-refractivity contribution is 0.0989. The predicted octanol–water partition coefficient (Wildman–Crippen LogP) is 4.98. The van der Waals surface area contributed by atoms with Gasteiger partial charge >= 0.3 is 0 Å². The van der Waals surface area contributed by atoms with Crippen molar-refractivity contribution in [2.75, 3.05) is 24.5 Å². The Kier molecular flexibility index (Phi) is 7.60. The molecule has 0 unspecified atom stereocenters. The van der Waals surface area contributed by atoms with Gasteiger partial charge in [0.25, 0.3) is 5.91 Å². The van der Waals surface area contributed by atoms with E-state index in [1.165, 1.54) is 26.6 Å². The first-order chi connectivity index (χ1) is 15.3. The molecule has 0 spiro atoms. The number of aryl methyl sites for hydroxylation is 1. The predicted molar refractivity (Wildman–Crippen MR) is 131 cm³/mol. The Balaban J connectivity index is 1.99. The summed E-state index contributed by atoms with van der Waals surface area (Å²) in [7, 11) is -3.69. The summed E-state index contributed by atoms with van der Waals surface area (Å²) in [5.41, 5.74) is 2.63. The maximum atomic E-state index is 13.4. The molecule has 1 amide bonds. The lowest BCUT2D eigenvalue weighted by Crippen LogP contribution is -2.33. The molecule has 1 aromatic heterocycles. The number of hydrogen-bond donors (Lipinski definition) is 0. The molecule has 32 heavy (non-hydrogen) atoms. The lowest BCUT2D eigenvalue weighted by atomic mass is 10.1. The topological polar surface area (TPSA) is 70.6 Å². The van der Waals surface area contributed by atoms with Crippen LogP contribution < -0.4 is 4.90 Å². The maximum absolute atomic E-state index is 13.4. The van der Waals surface area contributed by atoms with E-state index in [-0.39, 0.29) is 17.3 Å².